The molecule has 0 saturated carbocycles. The predicted octanol–water partition coefficient (Wildman–Crippen LogP) is 34.2. The van der Waals surface area contributed by atoms with Crippen LogP contribution in [0.1, 0.15) is 76.0 Å². The average Bonchev–Trinajstić information content (AvgIpc) is 1.06. The molecule has 0 N–H and O–H groups in total. The molecule has 27 aromatic rings. The van der Waals surface area contributed by atoms with Crippen molar-refractivity contribution in [3.63, 3.8) is 0 Å². The van der Waals surface area contributed by atoms with Crippen LogP contribution in [-0.4, -0.2) is 24.6 Å². The van der Waals surface area contributed by atoms with E-state index >= 15 is 0 Å². The summed E-state index contributed by atoms with van der Waals surface area (Å²) in [4.78, 5) is 4.55. The Morgan fingerprint density at radius 3 is 0.943 bits per heavy atom. The quantitative estimate of drug-likeness (QED) is 0.114. The summed E-state index contributed by atoms with van der Waals surface area (Å²) >= 11 is 0. The normalized spacial score (nSPS) is 14.5. The first-order valence-corrected chi connectivity index (χ1v) is 48.1. The van der Waals surface area contributed by atoms with Crippen LogP contribution in [0.4, 0.5) is 34.1 Å². The molecule has 0 saturated heterocycles. The van der Waals surface area contributed by atoms with Gasteiger partial charge < -0.3 is 27.7 Å². The van der Waals surface area contributed by atoms with Gasteiger partial charge in [0.15, 0.2) is 0 Å². The Bertz CT molecular complexity index is 10600. The van der Waals surface area contributed by atoms with Crippen LogP contribution >= 0.6 is 0 Å². The Morgan fingerprint density at radius 1 is 0.220 bits per heavy atom. The maximum absolute atomic E-state index is 11.6. The fourth-order valence-corrected chi connectivity index (χ4v) is 23.2. The highest BCUT2D eigenvalue weighted by Gasteiger charge is 2.47. The van der Waals surface area contributed by atoms with Crippen molar-refractivity contribution in [1.82, 2.24) is 17.9 Å². The molecule has 0 fully saturated rings. The van der Waals surface area contributed by atoms with Gasteiger partial charge in [0.05, 0.1) is 89.8 Å². The zero-order chi connectivity index (χ0) is 108. The first-order valence-electron chi connectivity index (χ1n) is 56.6. The van der Waals surface area contributed by atoms with Crippen molar-refractivity contribution < 1.29 is 23.3 Å². The van der Waals surface area contributed by atoms with E-state index in [9.17, 15) is 23.3 Å². The lowest BCUT2D eigenvalue weighted by Gasteiger charge is -2.46. The standard InChI is InChI=1S/C134H93BN6/c1-133(2,3)94-76-108(84-38-15-9-16-39-84)130(109(77-94)85-40-17-10-18-41-85)141-125-81-97(137-117-55-26-20-47-101(117)107-65-61-91(75-123(107)137)89-45-32-43-87(69-89)83-36-13-8-14-37-83)63-67-115(125)135-114-66-62-96(136-116-54-25-19-46-100(116)106-64-60-90(74-122(106)136)88-44-31-42-86(68-88)82-34-11-7-12-35-82)80-124(114)140(126-78-95(134(4,5)6)79-127(141)128(126)135)129-98(92-70-110-102-48-21-27-56-118(102)138-119-57-28-22-49-103(119)111(71-92)131(110)138)52-33-53-99(129)93-72-112-104-50-23-29-58-120(104)139-121-59-30-24-51-105(121)113(73-93)132(112)139/h7-81H,1-6H3/i19D,20D,25D,26D,33D,46D,47D,52D,53D,54D,55D,60D,61D,64D,65D,74D,75D. The van der Waals surface area contributed by atoms with E-state index < -0.39 is 65.9 Å². The number of hydrogen-bond donors (Lipinski definition) is 0. The van der Waals surface area contributed by atoms with Crippen molar-refractivity contribution in [1.29, 1.82) is 0 Å². The van der Waals surface area contributed by atoms with Crippen LogP contribution in [0.25, 0.3) is 220 Å². The van der Waals surface area contributed by atoms with E-state index in [4.69, 9.17) is 0 Å². The smallest absolute Gasteiger partial charge is 0.252 e. The number of hydrogen-bond acceptors (Lipinski definition) is 2. The SMILES string of the molecule is [2H]c1c([2H])c(-c2cc3c4ccccc4n4c5ccccc5c(c2)c34)c(N2c3cc(-n4c5c([2H])c([2H])c([2H])c([2H])c5c5c([2H])c([2H])c(-c6cccc(-c7ccccc7)c6)c([2H])c54)ccc3B3c4ccc(-n5c6c([2H])c([2H])c([2H])c([2H])c6c6c([2H])c([2H])c(-c7cccc(-c8ccccc8)c7)c([2H])c65)cc4N(c4c(-c5ccccc5)cc(C(C)(C)C)cc4-c4ccccc4)c4cc(C(C)(C)C)cc2c43)c(-c2cc3c4ccccc4n4c5ccccc5c(c2)c34)c1[2H]. The van der Waals surface area contributed by atoms with Gasteiger partial charge in [-0.1, -0.05) is 363 Å². The minimum Gasteiger partial charge on any atom is -0.310 e. The van der Waals surface area contributed by atoms with Gasteiger partial charge in [0, 0.05) is 121 Å². The molecule has 0 bridgehead atoms. The fourth-order valence-electron chi connectivity index (χ4n) is 23.2. The molecule has 0 spiro atoms. The summed E-state index contributed by atoms with van der Waals surface area (Å²) in [5.41, 5.74) is 21.1. The molecule has 7 heteroatoms. The summed E-state index contributed by atoms with van der Waals surface area (Å²) < 4.78 is 186. The van der Waals surface area contributed by atoms with Crippen LogP contribution in [0.3, 0.4) is 0 Å². The van der Waals surface area contributed by atoms with Gasteiger partial charge in [0.2, 0.25) is 0 Å². The van der Waals surface area contributed by atoms with Gasteiger partial charge in [-0.3, -0.25) is 0 Å². The van der Waals surface area contributed by atoms with Crippen molar-refractivity contribution >= 4 is 177 Å². The van der Waals surface area contributed by atoms with Crippen molar-refractivity contribution in [2.75, 3.05) is 9.80 Å². The number of aromatic nitrogens is 4. The Labute approximate surface area is 841 Å². The first kappa shape index (κ1) is 65.3. The van der Waals surface area contributed by atoms with E-state index in [0.717, 1.165) is 132 Å². The van der Waals surface area contributed by atoms with Crippen LogP contribution in [0, 0.1) is 0 Å². The van der Waals surface area contributed by atoms with E-state index in [1.165, 1.54) is 0 Å². The lowest BCUT2D eigenvalue weighted by Crippen LogP contribution is -2.61. The minimum absolute atomic E-state index is 0.00808. The molecule has 141 heavy (non-hydrogen) atoms. The molecular formula is C134H93BN6. The van der Waals surface area contributed by atoms with Crippen molar-refractivity contribution in [2.45, 2.75) is 52.4 Å². The summed E-state index contributed by atoms with van der Waals surface area (Å²) in [5, 5.41) is 6.98. The molecule has 662 valence electrons. The van der Waals surface area contributed by atoms with Gasteiger partial charge in [-0.2, -0.15) is 0 Å². The van der Waals surface area contributed by atoms with Gasteiger partial charge in [-0.05, 0) is 238 Å². The topological polar surface area (TPSA) is 25.2 Å². The average molecular weight is 1820 g/mol. The van der Waals surface area contributed by atoms with Gasteiger partial charge in [0.1, 0.15) is 0 Å². The van der Waals surface area contributed by atoms with Gasteiger partial charge in [0.25, 0.3) is 6.71 Å². The fraction of sp³-hybridized carbons (Fsp3) is 0.0597. The number of nitrogens with zero attached hydrogens (tertiary/aromatic N) is 6. The number of fused-ring (bicyclic) bond motifs is 22. The molecule has 0 amide bonds. The molecule has 2 aliphatic rings. The van der Waals surface area contributed by atoms with Crippen molar-refractivity contribution in [3.8, 4) is 100 Å². The molecule has 0 radical (unpaired) electrons. The second-order valence-corrected chi connectivity index (χ2v) is 39.7. The second kappa shape index (κ2) is 30.5. The molecule has 2 aliphatic heterocycles. The lowest BCUT2D eigenvalue weighted by atomic mass is 9.33. The zero-order valence-electron chi connectivity index (χ0n) is 94.7. The van der Waals surface area contributed by atoms with E-state index in [1.807, 2.05) is 224 Å². The van der Waals surface area contributed by atoms with Gasteiger partial charge >= 0.3 is 0 Å². The summed E-state index contributed by atoms with van der Waals surface area (Å²) in [6, 6.07) is 111. The Kier molecular flexibility index (Phi) is 14.1. The van der Waals surface area contributed by atoms with Crippen LogP contribution in [0.15, 0.2) is 455 Å². The van der Waals surface area contributed by atoms with E-state index in [2.05, 4.69) is 188 Å². The largest absolute Gasteiger partial charge is 0.310 e. The third kappa shape index (κ3) is 12.2. The molecule has 0 unspecified atom stereocenters. The van der Waals surface area contributed by atoms with Gasteiger partial charge in [-0.25, -0.2) is 0 Å². The molecular weight excluding hydrogens is 1700 g/mol. The summed E-state index contributed by atoms with van der Waals surface area (Å²) in [7, 11) is 0. The van der Waals surface area contributed by atoms with Gasteiger partial charge in [-0.15, -0.1) is 0 Å². The summed E-state index contributed by atoms with van der Waals surface area (Å²) in [6.45, 7) is 12.2. The molecule has 0 aliphatic carbocycles. The van der Waals surface area contributed by atoms with Crippen LogP contribution in [0.2, 0.25) is 0 Å². The Hall–Kier alpha value is -17.5. The number of rotatable bonds is 12. The Balaban J connectivity index is 0.821. The highest BCUT2D eigenvalue weighted by Crippen LogP contribution is 2.58. The molecule has 29 rings (SSSR count). The maximum Gasteiger partial charge on any atom is 0.252 e. The number of benzene rings is 21. The highest BCUT2D eigenvalue weighted by molar-refractivity contribution is 7.00. The zero-order valence-corrected chi connectivity index (χ0v) is 77.7. The second-order valence-electron chi connectivity index (χ2n) is 39.7. The van der Waals surface area contributed by atoms with Crippen LogP contribution < -0.4 is 26.2 Å². The number of para-hydroxylation sites is 7. The minimum atomic E-state index is -0.968. The summed E-state index contributed by atoms with van der Waals surface area (Å²) in [6.07, 6.45) is 0. The summed E-state index contributed by atoms with van der Waals surface area (Å²) in [5.74, 6) is 0. The highest BCUT2D eigenvalue weighted by atomic mass is 15.2. The van der Waals surface area contributed by atoms with Crippen LogP contribution in [0.5, 0.6) is 0 Å². The molecule has 6 aromatic heterocycles. The predicted molar refractivity (Wildman–Crippen MR) is 599 cm³/mol. The third-order valence-corrected chi connectivity index (χ3v) is 29.7. The first-order chi connectivity index (χ1) is 76.3. The maximum atomic E-state index is 11.6. The third-order valence-electron chi connectivity index (χ3n) is 29.7. The molecule has 6 nitrogen and oxygen atoms in total. The monoisotopic (exact) mass is 1810 g/mol. The van der Waals surface area contributed by atoms with Crippen LogP contribution in [-0.2, 0) is 10.8 Å². The molecule has 8 heterocycles. The number of anilines is 6. The van der Waals surface area contributed by atoms with E-state index in [1.54, 1.807) is 9.13 Å². The van der Waals surface area contributed by atoms with Crippen molar-refractivity contribution in [3.05, 3.63) is 466 Å². The Morgan fingerprint density at radius 2 is 0.553 bits per heavy atom. The molecule has 21 aromatic carbocycles. The lowest BCUT2D eigenvalue weighted by molar-refractivity contribution is 0.590. The molecule has 0 atom stereocenters. The van der Waals surface area contributed by atoms with E-state index in [0.29, 0.717) is 78.5 Å². The van der Waals surface area contributed by atoms with Crippen molar-refractivity contribution in [2.24, 2.45) is 0 Å². The van der Waals surface area contributed by atoms with E-state index in [-0.39, 0.29) is 126 Å².